The lowest BCUT2D eigenvalue weighted by Crippen LogP contribution is -2.32. The zero-order valence-corrected chi connectivity index (χ0v) is 17.5. The first-order valence-corrected chi connectivity index (χ1v) is 12.2. The minimum Gasteiger partial charge on any atom is -0.392 e. The lowest BCUT2D eigenvalue weighted by Gasteiger charge is -2.39. The second kappa shape index (κ2) is 9.29. The first-order valence-electron chi connectivity index (χ1n) is 12.2. The summed E-state index contributed by atoms with van der Waals surface area (Å²) >= 11 is 0. The van der Waals surface area contributed by atoms with E-state index < -0.39 is 0 Å². The number of aliphatic hydroxyl groups is 1. The number of hydrogen-bond donors (Lipinski definition) is 1. The van der Waals surface area contributed by atoms with Crippen LogP contribution in [0.3, 0.4) is 0 Å². The van der Waals surface area contributed by atoms with Gasteiger partial charge in [-0.05, 0) is 100 Å². The van der Waals surface area contributed by atoms with Crippen LogP contribution < -0.4 is 0 Å². The van der Waals surface area contributed by atoms with Crippen molar-refractivity contribution in [3.8, 4) is 0 Å². The molecule has 0 aliphatic heterocycles. The normalized spacial score (nSPS) is 41.3. The van der Waals surface area contributed by atoms with Gasteiger partial charge in [0.1, 0.15) is 0 Å². The standard InChI is InChI=1S/C26H42O/c1-2-19-7-10-22(11-8-19)23-12-14-24(15-13-23)25-16-9-21(18-26(25)27)17-20-5-3-4-6-20/h2,14,19-23,25-27H,1,3-13,15-18H2. The van der Waals surface area contributed by atoms with Crippen molar-refractivity contribution in [2.45, 2.75) is 102 Å². The molecule has 4 aliphatic carbocycles. The van der Waals surface area contributed by atoms with Gasteiger partial charge >= 0.3 is 0 Å². The van der Waals surface area contributed by atoms with Gasteiger partial charge in [0.05, 0.1) is 6.10 Å². The first-order chi connectivity index (χ1) is 13.2. The maximum Gasteiger partial charge on any atom is 0.0608 e. The van der Waals surface area contributed by atoms with Crippen LogP contribution in [-0.4, -0.2) is 11.2 Å². The largest absolute Gasteiger partial charge is 0.392 e. The maximum absolute atomic E-state index is 10.9. The van der Waals surface area contributed by atoms with Gasteiger partial charge in [-0.15, -0.1) is 6.58 Å². The molecule has 1 heteroatoms. The maximum atomic E-state index is 10.9. The SMILES string of the molecule is C=CC1CCC(C2CC=C(C3CCC(CC4CCCC4)CC3O)CC2)CC1. The molecule has 4 rings (SSSR count). The topological polar surface area (TPSA) is 20.2 Å². The quantitative estimate of drug-likeness (QED) is 0.513. The van der Waals surface area contributed by atoms with Crippen LogP contribution >= 0.6 is 0 Å². The number of allylic oxidation sites excluding steroid dienone is 2. The van der Waals surface area contributed by atoms with Gasteiger partial charge < -0.3 is 5.11 Å². The lowest BCUT2D eigenvalue weighted by atomic mass is 9.68. The Balaban J connectivity index is 1.25. The summed E-state index contributed by atoms with van der Waals surface area (Å²) in [5.41, 5.74) is 1.62. The molecule has 4 atom stereocenters. The van der Waals surface area contributed by atoms with Crippen LogP contribution in [0.4, 0.5) is 0 Å². The van der Waals surface area contributed by atoms with Crippen LogP contribution in [0.5, 0.6) is 0 Å². The van der Waals surface area contributed by atoms with Gasteiger partial charge in [-0.3, -0.25) is 0 Å². The Morgan fingerprint density at radius 3 is 2.30 bits per heavy atom. The average Bonchev–Trinajstić information content (AvgIpc) is 3.21. The van der Waals surface area contributed by atoms with E-state index >= 15 is 0 Å². The van der Waals surface area contributed by atoms with Crippen molar-refractivity contribution in [1.82, 2.24) is 0 Å². The molecule has 3 fully saturated rings. The van der Waals surface area contributed by atoms with Crippen LogP contribution in [0.2, 0.25) is 0 Å². The molecule has 152 valence electrons. The fourth-order valence-corrected chi connectivity index (χ4v) is 7.09. The van der Waals surface area contributed by atoms with E-state index in [4.69, 9.17) is 0 Å². The molecule has 0 aromatic carbocycles. The highest BCUT2D eigenvalue weighted by Gasteiger charge is 2.35. The Labute approximate surface area is 167 Å². The van der Waals surface area contributed by atoms with Gasteiger partial charge in [-0.1, -0.05) is 43.4 Å². The van der Waals surface area contributed by atoms with Crippen molar-refractivity contribution in [3.63, 3.8) is 0 Å². The highest BCUT2D eigenvalue weighted by Crippen LogP contribution is 2.44. The lowest BCUT2D eigenvalue weighted by molar-refractivity contribution is 0.0509. The van der Waals surface area contributed by atoms with E-state index in [0.29, 0.717) is 5.92 Å². The van der Waals surface area contributed by atoms with Gasteiger partial charge in [0, 0.05) is 5.92 Å². The van der Waals surface area contributed by atoms with E-state index in [0.717, 1.165) is 36.0 Å². The Hall–Kier alpha value is -0.560. The molecule has 3 saturated carbocycles. The Kier molecular flexibility index (Phi) is 6.79. The highest BCUT2D eigenvalue weighted by molar-refractivity contribution is 5.14. The van der Waals surface area contributed by atoms with Crippen molar-refractivity contribution >= 4 is 0 Å². The minimum absolute atomic E-state index is 0.0593. The zero-order valence-electron chi connectivity index (χ0n) is 17.5. The van der Waals surface area contributed by atoms with E-state index in [9.17, 15) is 5.11 Å². The molecule has 0 bridgehead atoms. The van der Waals surface area contributed by atoms with E-state index in [2.05, 4.69) is 18.7 Å². The Bertz CT molecular complexity index is 506. The predicted octanol–water partition coefficient (Wildman–Crippen LogP) is 7.06. The number of rotatable bonds is 5. The molecular weight excluding hydrogens is 328 g/mol. The summed E-state index contributed by atoms with van der Waals surface area (Å²) < 4.78 is 0. The van der Waals surface area contributed by atoms with E-state index in [1.54, 1.807) is 5.57 Å². The monoisotopic (exact) mass is 370 g/mol. The third-order valence-electron chi connectivity index (χ3n) is 8.85. The summed E-state index contributed by atoms with van der Waals surface area (Å²) in [6, 6.07) is 0. The van der Waals surface area contributed by atoms with E-state index in [1.807, 2.05) is 0 Å². The van der Waals surface area contributed by atoms with Crippen LogP contribution in [0.25, 0.3) is 0 Å². The molecule has 1 nitrogen and oxygen atoms in total. The summed E-state index contributed by atoms with van der Waals surface area (Å²) in [6.07, 6.45) is 25.1. The van der Waals surface area contributed by atoms with Gasteiger partial charge in [0.25, 0.3) is 0 Å². The van der Waals surface area contributed by atoms with Gasteiger partial charge in [-0.2, -0.15) is 0 Å². The smallest absolute Gasteiger partial charge is 0.0608 e. The summed E-state index contributed by atoms with van der Waals surface area (Å²) in [6.45, 7) is 3.99. The highest BCUT2D eigenvalue weighted by atomic mass is 16.3. The van der Waals surface area contributed by atoms with Crippen molar-refractivity contribution < 1.29 is 5.11 Å². The van der Waals surface area contributed by atoms with Crippen molar-refractivity contribution in [2.75, 3.05) is 0 Å². The fourth-order valence-electron chi connectivity index (χ4n) is 7.09. The summed E-state index contributed by atoms with van der Waals surface area (Å²) in [4.78, 5) is 0. The second-order valence-corrected chi connectivity index (χ2v) is 10.5. The van der Waals surface area contributed by atoms with E-state index in [-0.39, 0.29) is 6.10 Å². The molecule has 0 spiro atoms. The molecule has 0 heterocycles. The molecule has 1 N–H and O–H groups in total. The van der Waals surface area contributed by atoms with Crippen LogP contribution in [0, 0.1) is 35.5 Å². The van der Waals surface area contributed by atoms with Crippen molar-refractivity contribution in [3.05, 3.63) is 24.3 Å². The van der Waals surface area contributed by atoms with Gasteiger partial charge in [-0.25, -0.2) is 0 Å². The van der Waals surface area contributed by atoms with Crippen LogP contribution in [0.15, 0.2) is 24.3 Å². The van der Waals surface area contributed by atoms with Crippen LogP contribution in [-0.2, 0) is 0 Å². The van der Waals surface area contributed by atoms with Crippen LogP contribution in [0.1, 0.15) is 96.3 Å². The molecule has 4 aliphatic rings. The summed E-state index contributed by atoms with van der Waals surface area (Å²) in [7, 11) is 0. The molecular formula is C26H42O. The molecule has 27 heavy (non-hydrogen) atoms. The summed E-state index contributed by atoms with van der Waals surface area (Å²) in [5, 5.41) is 10.9. The molecule has 0 radical (unpaired) electrons. The number of aliphatic hydroxyl groups excluding tert-OH is 1. The average molecular weight is 371 g/mol. The zero-order chi connectivity index (χ0) is 18.6. The molecule has 4 unspecified atom stereocenters. The van der Waals surface area contributed by atoms with Gasteiger partial charge in [0.2, 0.25) is 0 Å². The third-order valence-corrected chi connectivity index (χ3v) is 8.85. The molecule has 0 saturated heterocycles. The van der Waals surface area contributed by atoms with E-state index in [1.165, 1.54) is 89.9 Å². The minimum atomic E-state index is -0.0593. The summed E-state index contributed by atoms with van der Waals surface area (Å²) in [5.74, 6) is 4.91. The molecule has 0 aromatic heterocycles. The third kappa shape index (κ3) is 4.89. The predicted molar refractivity (Wildman–Crippen MR) is 114 cm³/mol. The van der Waals surface area contributed by atoms with Crippen molar-refractivity contribution in [2.24, 2.45) is 35.5 Å². The van der Waals surface area contributed by atoms with Crippen molar-refractivity contribution in [1.29, 1.82) is 0 Å². The first kappa shape index (κ1) is 19.7. The fraction of sp³-hybridized carbons (Fsp3) is 0.846. The Morgan fingerprint density at radius 2 is 1.67 bits per heavy atom. The van der Waals surface area contributed by atoms with Gasteiger partial charge in [0.15, 0.2) is 0 Å². The second-order valence-electron chi connectivity index (χ2n) is 10.5. The molecule has 0 amide bonds. The molecule has 0 aromatic rings. The Morgan fingerprint density at radius 1 is 0.889 bits per heavy atom. The number of hydrogen-bond acceptors (Lipinski definition) is 1.